The highest BCUT2D eigenvalue weighted by atomic mass is 79.9. The number of aromatic nitrogens is 4. The smallest absolute Gasteiger partial charge is 0.256 e. The van der Waals surface area contributed by atoms with Crippen LogP contribution in [0.1, 0.15) is 17.0 Å². The highest BCUT2D eigenvalue weighted by molar-refractivity contribution is 9.10. The Morgan fingerprint density at radius 2 is 2.04 bits per heavy atom. The van der Waals surface area contributed by atoms with Gasteiger partial charge in [-0.25, -0.2) is 4.98 Å². The third-order valence-corrected chi connectivity index (χ3v) is 5.23. The zero-order chi connectivity index (χ0) is 17.3. The number of hydrogen-bond donors (Lipinski definition) is 1. The molecule has 0 atom stereocenters. The van der Waals surface area contributed by atoms with E-state index < -0.39 is 0 Å². The van der Waals surface area contributed by atoms with Gasteiger partial charge in [0.1, 0.15) is 0 Å². The Bertz CT molecular complexity index is 924. The first kappa shape index (κ1) is 16.9. The highest BCUT2D eigenvalue weighted by Gasteiger charge is 2.12. The molecule has 8 heteroatoms. The average molecular weight is 406 g/mol. The maximum absolute atomic E-state index is 12.2. The Kier molecular flexibility index (Phi) is 4.86. The van der Waals surface area contributed by atoms with Crippen LogP contribution >= 0.6 is 27.7 Å². The molecule has 0 fully saturated rings. The van der Waals surface area contributed by atoms with Gasteiger partial charge < -0.3 is 5.32 Å². The second-order valence-corrected chi connectivity index (χ2v) is 7.25. The number of thioether (sulfide) groups is 1. The van der Waals surface area contributed by atoms with Gasteiger partial charge in [0.2, 0.25) is 5.91 Å². The van der Waals surface area contributed by atoms with Crippen molar-refractivity contribution in [3.8, 4) is 0 Å². The lowest BCUT2D eigenvalue weighted by molar-refractivity contribution is -0.113. The standard InChI is InChI=1S/C16H16BrN5OS/c1-9-4-5-12(7-13(9)17)19-14(23)8-24-16-21-20-15-18-10(2)6-11(3)22(15)16/h4-7H,8H2,1-3H3,(H,19,23). The van der Waals surface area contributed by atoms with E-state index in [1.165, 1.54) is 11.8 Å². The SMILES string of the molecule is Cc1cc(C)n2c(SCC(=O)Nc3ccc(C)c(Br)c3)nnc2n1. The first-order valence-electron chi connectivity index (χ1n) is 7.32. The van der Waals surface area contributed by atoms with Crippen molar-refractivity contribution in [3.05, 3.63) is 45.7 Å². The first-order chi connectivity index (χ1) is 11.4. The molecule has 1 aromatic carbocycles. The maximum atomic E-state index is 12.2. The predicted octanol–water partition coefficient (Wildman–Crippen LogP) is 3.54. The van der Waals surface area contributed by atoms with Gasteiger partial charge in [-0.05, 0) is 44.5 Å². The highest BCUT2D eigenvalue weighted by Crippen LogP contribution is 2.22. The second kappa shape index (κ2) is 6.90. The van der Waals surface area contributed by atoms with Crippen molar-refractivity contribution in [2.24, 2.45) is 0 Å². The first-order valence-corrected chi connectivity index (χ1v) is 9.10. The van der Waals surface area contributed by atoms with Crippen LogP contribution in [0.25, 0.3) is 5.78 Å². The van der Waals surface area contributed by atoms with Crippen molar-refractivity contribution in [2.75, 3.05) is 11.1 Å². The van der Waals surface area contributed by atoms with Crippen molar-refractivity contribution in [3.63, 3.8) is 0 Å². The van der Waals surface area contributed by atoms with Crippen molar-refractivity contribution >= 4 is 45.1 Å². The van der Waals surface area contributed by atoms with Gasteiger partial charge in [-0.2, -0.15) is 0 Å². The van der Waals surface area contributed by atoms with Gasteiger partial charge in [-0.15, -0.1) is 10.2 Å². The summed E-state index contributed by atoms with van der Waals surface area (Å²) in [4.78, 5) is 16.5. The van der Waals surface area contributed by atoms with Crippen LogP contribution in [-0.2, 0) is 4.79 Å². The number of carbonyl (C=O) groups excluding carboxylic acids is 1. The molecule has 2 heterocycles. The van der Waals surface area contributed by atoms with Crippen molar-refractivity contribution in [1.82, 2.24) is 19.6 Å². The lowest BCUT2D eigenvalue weighted by Gasteiger charge is -2.07. The number of fused-ring (bicyclic) bond motifs is 1. The molecular formula is C16H16BrN5OS. The summed E-state index contributed by atoms with van der Waals surface area (Å²) in [6.07, 6.45) is 0. The predicted molar refractivity (Wildman–Crippen MR) is 98.5 cm³/mol. The van der Waals surface area contributed by atoms with Crippen LogP contribution in [-0.4, -0.2) is 31.2 Å². The Balaban J connectivity index is 1.69. The number of benzene rings is 1. The van der Waals surface area contributed by atoms with Crippen molar-refractivity contribution in [1.29, 1.82) is 0 Å². The van der Waals surface area contributed by atoms with Crippen molar-refractivity contribution in [2.45, 2.75) is 25.9 Å². The second-order valence-electron chi connectivity index (χ2n) is 5.46. The number of aryl methyl sites for hydroxylation is 3. The maximum Gasteiger partial charge on any atom is 0.256 e. The molecule has 1 amide bonds. The molecule has 0 aliphatic carbocycles. The van der Waals surface area contributed by atoms with Crippen LogP contribution < -0.4 is 5.32 Å². The summed E-state index contributed by atoms with van der Waals surface area (Å²) in [6.45, 7) is 5.89. The molecule has 1 N–H and O–H groups in total. The number of anilines is 1. The van der Waals surface area contributed by atoms with Gasteiger partial charge >= 0.3 is 0 Å². The van der Waals surface area contributed by atoms with Crippen molar-refractivity contribution < 1.29 is 4.79 Å². The average Bonchev–Trinajstić information content (AvgIpc) is 2.92. The summed E-state index contributed by atoms with van der Waals surface area (Å²) in [5.41, 5.74) is 3.77. The molecule has 3 aromatic rings. The van der Waals surface area contributed by atoms with Gasteiger partial charge in [-0.1, -0.05) is 33.8 Å². The van der Waals surface area contributed by atoms with Gasteiger partial charge in [-0.3, -0.25) is 9.20 Å². The number of rotatable bonds is 4. The zero-order valence-electron chi connectivity index (χ0n) is 13.5. The summed E-state index contributed by atoms with van der Waals surface area (Å²) < 4.78 is 2.82. The van der Waals surface area contributed by atoms with E-state index in [9.17, 15) is 4.79 Å². The summed E-state index contributed by atoms with van der Waals surface area (Å²) in [5, 5.41) is 11.7. The molecule has 0 bridgehead atoms. The fourth-order valence-corrected chi connectivity index (χ4v) is 3.46. The minimum atomic E-state index is -0.0924. The third kappa shape index (κ3) is 3.59. The fraction of sp³-hybridized carbons (Fsp3) is 0.250. The van der Waals surface area contributed by atoms with E-state index in [1.54, 1.807) is 0 Å². The summed E-state index contributed by atoms with van der Waals surface area (Å²) >= 11 is 4.80. The lowest BCUT2D eigenvalue weighted by atomic mass is 10.2. The Hall–Kier alpha value is -1.93. The molecule has 0 aliphatic heterocycles. The molecule has 124 valence electrons. The molecule has 0 aliphatic rings. The number of halogens is 1. The van der Waals surface area contributed by atoms with Gasteiger partial charge in [0.15, 0.2) is 5.16 Å². The third-order valence-electron chi connectivity index (χ3n) is 3.45. The van der Waals surface area contributed by atoms with E-state index in [2.05, 4.69) is 36.4 Å². The van der Waals surface area contributed by atoms with Gasteiger partial charge in [0, 0.05) is 21.5 Å². The molecule has 0 saturated heterocycles. The number of nitrogens with zero attached hydrogens (tertiary/aromatic N) is 4. The monoisotopic (exact) mass is 405 g/mol. The topological polar surface area (TPSA) is 72.2 Å². The molecular weight excluding hydrogens is 390 g/mol. The molecule has 3 rings (SSSR count). The van der Waals surface area contributed by atoms with E-state index in [0.29, 0.717) is 10.9 Å². The van der Waals surface area contributed by atoms with Crippen LogP contribution in [0, 0.1) is 20.8 Å². The molecule has 0 saturated carbocycles. The van der Waals surface area contributed by atoms with Crippen LogP contribution in [0.15, 0.2) is 33.9 Å². The normalized spacial score (nSPS) is 11.0. The lowest BCUT2D eigenvalue weighted by Crippen LogP contribution is -2.14. The van der Waals surface area contributed by atoms with E-state index in [1.807, 2.05) is 49.4 Å². The molecule has 24 heavy (non-hydrogen) atoms. The minimum absolute atomic E-state index is 0.0924. The zero-order valence-corrected chi connectivity index (χ0v) is 15.9. The molecule has 0 unspecified atom stereocenters. The van der Waals surface area contributed by atoms with Crippen LogP contribution in [0.5, 0.6) is 0 Å². The van der Waals surface area contributed by atoms with Gasteiger partial charge in [0.25, 0.3) is 5.78 Å². The van der Waals surface area contributed by atoms with E-state index in [0.717, 1.165) is 27.1 Å². The molecule has 0 spiro atoms. The van der Waals surface area contributed by atoms with E-state index in [-0.39, 0.29) is 11.7 Å². The minimum Gasteiger partial charge on any atom is -0.325 e. The van der Waals surface area contributed by atoms with Crippen LogP contribution in [0.4, 0.5) is 5.69 Å². The quantitative estimate of drug-likeness (QED) is 0.671. The summed E-state index contributed by atoms with van der Waals surface area (Å²) in [6, 6.07) is 7.69. The molecule has 2 aromatic heterocycles. The van der Waals surface area contributed by atoms with Crippen LogP contribution in [0.2, 0.25) is 0 Å². The van der Waals surface area contributed by atoms with E-state index in [4.69, 9.17) is 0 Å². The summed E-state index contributed by atoms with van der Waals surface area (Å²) in [5.74, 6) is 0.711. The summed E-state index contributed by atoms with van der Waals surface area (Å²) in [7, 11) is 0. The van der Waals surface area contributed by atoms with Gasteiger partial charge in [0.05, 0.1) is 5.75 Å². The largest absolute Gasteiger partial charge is 0.325 e. The number of nitrogens with one attached hydrogen (secondary N) is 1. The Labute approximate surface area is 152 Å². The Morgan fingerprint density at radius 1 is 1.25 bits per heavy atom. The van der Waals surface area contributed by atoms with E-state index >= 15 is 0 Å². The van der Waals surface area contributed by atoms with Crippen LogP contribution in [0.3, 0.4) is 0 Å². The fourth-order valence-electron chi connectivity index (χ4n) is 2.29. The molecule has 6 nitrogen and oxygen atoms in total. The Morgan fingerprint density at radius 3 is 2.79 bits per heavy atom. The molecule has 0 radical (unpaired) electrons. The number of amides is 1. The number of hydrogen-bond acceptors (Lipinski definition) is 5. The number of carbonyl (C=O) groups is 1.